The molecule has 0 aromatic rings. The Bertz CT molecular complexity index is 291. The van der Waals surface area contributed by atoms with Crippen LogP contribution in [0.15, 0.2) is 11.9 Å². The molecule has 1 aliphatic rings. The van der Waals surface area contributed by atoms with E-state index in [0.29, 0.717) is 5.41 Å². The molecule has 0 radical (unpaired) electrons. The Morgan fingerprint density at radius 2 is 1.78 bits per heavy atom. The molecule has 0 aromatic heterocycles. The average Bonchev–Trinajstić information content (AvgIpc) is 2.31. The first-order valence-corrected chi connectivity index (χ1v) is 6.55. The molecule has 5 nitrogen and oxygen atoms in total. The van der Waals surface area contributed by atoms with Crippen molar-refractivity contribution in [2.24, 2.45) is 17.0 Å². The summed E-state index contributed by atoms with van der Waals surface area (Å²) in [7, 11) is 0. The first-order chi connectivity index (χ1) is 8.32. The molecule has 0 aliphatic heterocycles. The fourth-order valence-corrected chi connectivity index (χ4v) is 2.00. The molecule has 18 heavy (non-hydrogen) atoms. The molecule has 0 atom stereocenters. The number of hydrogen-bond donors (Lipinski definition) is 3. The second-order valence-corrected chi connectivity index (χ2v) is 5.23. The molecule has 5 N–H and O–H groups in total. The van der Waals surface area contributed by atoms with Crippen LogP contribution in [0.1, 0.15) is 53.4 Å². The van der Waals surface area contributed by atoms with Gasteiger partial charge in [-0.15, -0.1) is 0 Å². The Hall–Kier alpha value is -1.23. The van der Waals surface area contributed by atoms with Gasteiger partial charge in [-0.05, 0) is 31.1 Å². The number of aliphatic carboxylic acids is 1. The second-order valence-electron chi connectivity index (χ2n) is 5.23. The van der Waals surface area contributed by atoms with E-state index in [2.05, 4.69) is 13.8 Å². The van der Waals surface area contributed by atoms with E-state index in [9.17, 15) is 4.79 Å². The average molecular weight is 257 g/mol. The Morgan fingerprint density at radius 3 is 2.17 bits per heavy atom. The maximum atomic E-state index is 10.5. The number of carbonyl (C=O) groups is 1. The van der Waals surface area contributed by atoms with Crippen LogP contribution in [0, 0.1) is 5.41 Å². The van der Waals surface area contributed by atoms with Crippen LogP contribution in [0.4, 0.5) is 0 Å². The Labute approximate surface area is 110 Å². The van der Waals surface area contributed by atoms with Crippen molar-refractivity contribution in [3.05, 3.63) is 11.9 Å². The highest BCUT2D eigenvalue weighted by molar-refractivity contribution is 5.85. The normalized spacial score (nSPS) is 19.7. The van der Waals surface area contributed by atoms with Gasteiger partial charge < -0.3 is 15.8 Å². The van der Waals surface area contributed by atoms with Crippen molar-refractivity contribution in [1.82, 2.24) is 5.01 Å². The zero-order valence-electron chi connectivity index (χ0n) is 11.9. The molecular formula is C13H27N3O2. The monoisotopic (exact) mass is 257 g/mol. The highest BCUT2D eigenvalue weighted by Gasteiger charge is 2.28. The number of carboxylic acids is 1. The van der Waals surface area contributed by atoms with E-state index in [4.69, 9.17) is 16.7 Å². The largest absolute Gasteiger partial charge is 0.477 e. The van der Waals surface area contributed by atoms with Gasteiger partial charge in [0.15, 0.2) is 0 Å². The van der Waals surface area contributed by atoms with Gasteiger partial charge in [0.05, 0.1) is 0 Å². The summed E-state index contributed by atoms with van der Waals surface area (Å²) in [6, 6.07) is 0.200. The maximum Gasteiger partial charge on any atom is 0.353 e. The molecule has 1 fully saturated rings. The van der Waals surface area contributed by atoms with Gasteiger partial charge in [-0.1, -0.05) is 27.7 Å². The van der Waals surface area contributed by atoms with Crippen molar-refractivity contribution in [2.75, 3.05) is 0 Å². The summed E-state index contributed by atoms with van der Waals surface area (Å²) in [6.07, 6.45) is 5.48. The Balaban J connectivity index is 0.00000137. The maximum absolute atomic E-state index is 10.5. The minimum Gasteiger partial charge on any atom is -0.477 e. The van der Waals surface area contributed by atoms with Crippen LogP contribution in [0.25, 0.3) is 0 Å². The van der Waals surface area contributed by atoms with E-state index >= 15 is 0 Å². The van der Waals surface area contributed by atoms with Crippen LogP contribution >= 0.6 is 0 Å². The smallest absolute Gasteiger partial charge is 0.353 e. The molecule has 1 aliphatic carbocycles. The molecule has 0 spiro atoms. The number of rotatable bonds is 3. The summed E-state index contributed by atoms with van der Waals surface area (Å²) < 4.78 is 0. The molecule has 0 heterocycles. The minimum atomic E-state index is -1.13. The molecule has 0 amide bonds. The first-order valence-electron chi connectivity index (χ1n) is 6.55. The van der Waals surface area contributed by atoms with E-state index in [-0.39, 0.29) is 11.7 Å². The van der Waals surface area contributed by atoms with E-state index in [0.717, 1.165) is 25.7 Å². The lowest BCUT2D eigenvalue weighted by molar-refractivity contribution is -0.132. The van der Waals surface area contributed by atoms with Gasteiger partial charge in [0, 0.05) is 12.2 Å². The van der Waals surface area contributed by atoms with Crippen molar-refractivity contribution in [3.8, 4) is 0 Å². The van der Waals surface area contributed by atoms with Crippen LogP contribution in [-0.2, 0) is 4.79 Å². The van der Waals surface area contributed by atoms with Gasteiger partial charge in [0.2, 0.25) is 0 Å². The zero-order valence-corrected chi connectivity index (χ0v) is 11.9. The van der Waals surface area contributed by atoms with Crippen LogP contribution in [-0.4, -0.2) is 22.1 Å². The lowest BCUT2D eigenvalue weighted by Crippen LogP contribution is -2.41. The van der Waals surface area contributed by atoms with Crippen molar-refractivity contribution in [3.63, 3.8) is 0 Å². The van der Waals surface area contributed by atoms with Gasteiger partial charge in [-0.25, -0.2) is 10.6 Å². The highest BCUT2D eigenvalue weighted by atomic mass is 16.4. The van der Waals surface area contributed by atoms with Crippen LogP contribution < -0.4 is 11.6 Å². The number of hydrazine groups is 1. The van der Waals surface area contributed by atoms with Gasteiger partial charge in [-0.2, -0.15) is 0 Å². The first kappa shape index (κ1) is 16.8. The molecule has 106 valence electrons. The lowest BCUT2D eigenvalue weighted by atomic mass is 9.75. The van der Waals surface area contributed by atoms with Crippen molar-refractivity contribution < 1.29 is 9.90 Å². The van der Waals surface area contributed by atoms with Crippen molar-refractivity contribution in [2.45, 2.75) is 59.4 Å². The van der Waals surface area contributed by atoms with Crippen LogP contribution in [0.3, 0.4) is 0 Å². The molecule has 5 heteroatoms. The lowest BCUT2D eigenvalue weighted by Gasteiger charge is -2.37. The minimum absolute atomic E-state index is 0.200. The van der Waals surface area contributed by atoms with Gasteiger partial charge in [0.1, 0.15) is 5.70 Å². The summed E-state index contributed by atoms with van der Waals surface area (Å²) in [5.74, 6) is 4.66. The van der Waals surface area contributed by atoms with E-state index < -0.39 is 5.97 Å². The third-order valence-electron chi connectivity index (χ3n) is 3.27. The summed E-state index contributed by atoms with van der Waals surface area (Å²) >= 11 is 0. The topological polar surface area (TPSA) is 92.6 Å². The summed E-state index contributed by atoms with van der Waals surface area (Å²) in [5, 5.41) is 10.1. The molecule has 0 bridgehead atoms. The molecule has 1 saturated carbocycles. The van der Waals surface area contributed by atoms with Crippen molar-refractivity contribution in [1.29, 1.82) is 0 Å². The highest BCUT2D eigenvalue weighted by Crippen LogP contribution is 2.36. The molecule has 0 unspecified atom stereocenters. The van der Waals surface area contributed by atoms with Gasteiger partial charge in [-0.3, -0.25) is 0 Å². The summed E-state index contributed by atoms with van der Waals surface area (Å²) in [4.78, 5) is 10.5. The third-order valence-corrected chi connectivity index (χ3v) is 3.27. The standard InChI is InChI=1S/C11H21N3O2.C2H6/c1-11(2)5-3-8(4-6-11)14(13)7-9(12)10(15)16;1-2/h7-8H,3-6,12-13H2,1-2H3,(H,15,16);1-2H3/b9-7-;. The summed E-state index contributed by atoms with van der Waals surface area (Å²) in [5.41, 5.74) is 5.48. The van der Waals surface area contributed by atoms with Crippen LogP contribution in [0.5, 0.6) is 0 Å². The van der Waals surface area contributed by atoms with E-state index in [1.165, 1.54) is 11.2 Å². The van der Waals surface area contributed by atoms with Crippen LogP contribution in [0.2, 0.25) is 0 Å². The van der Waals surface area contributed by atoms with Gasteiger partial charge >= 0.3 is 5.97 Å². The number of nitrogens with two attached hydrogens (primary N) is 2. The Kier molecular flexibility index (Phi) is 6.76. The third kappa shape index (κ3) is 5.40. The zero-order chi connectivity index (χ0) is 14.3. The summed E-state index contributed by atoms with van der Waals surface area (Å²) in [6.45, 7) is 8.48. The number of nitrogens with zero attached hydrogens (tertiary/aromatic N) is 1. The predicted octanol–water partition coefficient (Wildman–Crippen LogP) is 2.04. The van der Waals surface area contributed by atoms with E-state index in [1.807, 2.05) is 13.8 Å². The quantitative estimate of drug-likeness (QED) is 0.409. The van der Waals surface area contributed by atoms with Gasteiger partial charge in [0.25, 0.3) is 0 Å². The van der Waals surface area contributed by atoms with E-state index in [1.54, 1.807) is 0 Å². The number of hydrogen-bond acceptors (Lipinski definition) is 4. The number of carboxylic acid groups (broad SMARTS) is 1. The molecule has 0 aromatic carbocycles. The predicted molar refractivity (Wildman–Crippen MR) is 73.3 cm³/mol. The second kappa shape index (κ2) is 7.26. The Morgan fingerprint density at radius 1 is 1.33 bits per heavy atom. The molecule has 1 rings (SSSR count). The SMILES string of the molecule is CC.CC1(C)CCC(N(N)/C=C(\N)C(=O)O)CC1. The molecule has 0 saturated heterocycles. The fourth-order valence-electron chi connectivity index (χ4n) is 2.00. The van der Waals surface area contributed by atoms with Crippen molar-refractivity contribution >= 4 is 5.97 Å². The molecular weight excluding hydrogens is 230 g/mol. The fraction of sp³-hybridized carbons (Fsp3) is 0.769.